The van der Waals surface area contributed by atoms with Crippen LogP contribution < -0.4 is 10.6 Å². The minimum absolute atomic E-state index is 0.0501. The number of nitrogens with zero attached hydrogens (tertiary/aromatic N) is 1. The predicted molar refractivity (Wildman–Crippen MR) is 54.7 cm³/mol. The zero-order valence-corrected chi connectivity index (χ0v) is 8.15. The second-order valence-corrected chi connectivity index (χ2v) is 3.30. The molecule has 0 spiro atoms. The third-order valence-corrected chi connectivity index (χ3v) is 2.01. The molecule has 3 nitrogen and oxygen atoms in total. The first-order valence-electron chi connectivity index (χ1n) is 4.46. The maximum atomic E-state index is 12.6. The Labute approximate surface area is 83.0 Å². The molecule has 0 fully saturated rings. The van der Waals surface area contributed by atoms with Gasteiger partial charge < -0.3 is 15.7 Å². The second kappa shape index (κ2) is 4.93. The van der Waals surface area contributed by atoms with Crippen molar-refractivity contribution in [3.8, 4) is 0 Å². The first-order chi connectivity index (χ1) is 6.63. The van der Waals surface area contributed by atoms with Gasteiger partial charge in [0.05, 0.1) is 6.61 Å². The molecule has 0 heterocycles. The number of likely N-dealkylation sites (N-methyl/N-ethyl adjacent to an activating group) is 1. The van der Waals surface area contributed by atoms with Crippen LogP contribution in [0.2, 0.25) is 0 Å². The molecule has 0 amide bonds. The van der Waals surface area contributed by atoms with E-state index in [9.17, 15) is 4.39 Å². The third-order valence-electron chi connectivity index (χ3n) is 2.01. The summed E-state index contributed by atoms with van der Waals surface area (Å²) >= 11 is 0. The van der Waals surface area contributed by atoms with Gasteiger partial charge in [0.25, 0.3) is 0 Å². The number of halogens is 1. The van der Waals surface area contributed by atoms with Crippen LogP contribution in [0.3, 0.4) is 0 Å². The lowest BCUT2D eigenvalue weighted by atomic mass is 10.2. The molecule has 0 aliphatic rings. The molecule has 0 radical (unpaired) electrons. The van der Waals surface area contributed by atoms with Crippen molar-refractivity contribution in [3.63, 3.8) is 0 Å². The number of anilines is 1. The van der Waals surface area contributed by atoms with Crippen LogP contribution in [0.15, 0.2) is 24.3 Å². The molecule has 14 heavy (non-hydrogen) atoms. The van der Waals surface area contributed by atoms with Gasteiger partial charge in [-0.25, -0.2) is 4.39 Å². The first-order valence-corrected chi connectivity index (χ1v) is 4.46. The summed E-state index contributed by atoms with van der Waals surface area (Å²) in [4.78, 5) is 1.88. The Bertz CT molecular complexity index is 276. The SMILES string of the molecule is CN(CC(N)CO)c1ccc(F)cc1. The Morgan fingerprint density at radius 1 is 1.43 bits per heavy atom. The molecule has 0 aliphatic carbocycles. The standard InChI is InChI=1S/C10H15FN2O/c1-13(6-9(12)7-14)10-4-2-8(11)3-5-10/h2-5,9,14H,6-7,12H2,1H3. The van der Waals surface area contributed by atoms with Crippen molar-refractivity contribution in [1.29, 1.82) is 0 Å². The lowest BCUT2D eigenvalue weighted by molar-refractivity contribution is 0.267. The fourth-order valence-corrected chi connectivity index (χ4v) is 1.21. The van der Waals surface area contributed by atoms with Gasteiger partial charge in [-0.2, -0.15) is 0 Å². The van der Waals surface area contributed by atoms with Gasteiger partial charge in [0.2, 0.25) is 0 Å². The molecule has 1 aromatic carbocycles. The van der Waals surface area contributed by atoms with E-state index in [1.165, 1.54) is 12.1 Å². The Balaban J connectivity index is 2.60. The van der Waals surface area contributed by atoms with Crippen LogP contribution in [0.1, 0.15) is 0 Å². The Morgan fingerprint density at radius 3 is 2.50 bits per heavy atom. The van der Waals surface area contributed by atoms with E-state index in [4.69, 9.17) is 10.8 Å². The largest absolute Gasteiger partial charge is 0.395 e. The van der Waals surface area contributed by atoms with Gasteiger partial charge in [0.15, 0.2) is 0 Å². The van der Waals surface area contributed by atoms with Gasteiger partial charge in [-0.1, -0.05) is 0 Å². The molecule has 0 saturated heterocycles. The maximum absolute atomic E-state index is 12.6. The van der Waals surface area contributed by atoms with Gasteiger partial charge >= 0.3 is 0 Å². The van der Waals surface area contributed by atoms with Gasteiger partial charge in [-0.05, 0) is 24.3 Å². The highest BCUT2D eigenvalue weighted by Gasteiger charge is 2.06. The number of hydrogen-bond acceptors (Lipinski definition) is 3. The third kappa shape index (κ3) is 2.97. The summed E-state index contributed by atoms with van der Waals surface area (Å²) in [5, 5.41) is 8.76. The number of hydrogen-bond donors (Lipinski definition) is 2. The molecule has 3 N–H and O–H groups in total. The molecule has 0 bridgehead atoms. The predicted octanol–water partition coefficient (Wildman–Crippen LogP) is 0.581. The van der Waals surface area contributed by atoms with E-state index in [2.05, 4.69) is 0 Å². The second-order valence-electron chi connectivity index (χ2n) is 3.30. The van der Waals surface area contributed by atoms with Crippen LogP contribution in [0, 0.1) is 5.82 Å². The van der Waals surface area contributed by atoms with Gasteiger partial charge in [-0.3, -0.25) is 0 Å². The summed E-state index contributed by atoms with van der Waals surface area (Å²) in [5.41, 5.74) is 6.46. The number of aliphatic hydroxyl groups is 1. The van der Waals surface area contributed by atoms with Crippen molar-refractivity contribution >= 4 is 5.69 Å². The number of nitrogens with two attached hydrogens (primary N) is 1. The summed E-state index contributed by atoms with van der Waals surface area (Å²) in [7, 11) is 1.85. The van der Waals surface area contributed by atoms with E-state index in [-0.39, 0.29) is 18.5 Å². The Kier molecular flexibility index (Phi) is 3.85. The van der Waals surface area contributed by atoms with E-state index >= 15 is 0 Å². The highest BCUT2D eigenvalue weighted by Crippen LogP contribution is 2.12. The number of benzene rings is 1. The van der Waals surface area contributed by atoms with Crippen molar-refractivity contribution < 1.29 is 9.50 Å². The molecular weight excluding hydrogens is 183 g/mol. The van der Waals surface area contributed by atoms with Crippen LogP contribution in [0.5, 0.6) is 0 Å². The van der Waals surface area contributed by atoms with Gasteiger partial charge in [-0.15, -0.1) is 0 Å². The quantitative estimate of drug-likeness (QED) is 0.744. The molecular formula is C10H15FN2O. The average molecular weight is 198 g/mol. The summed E-state index contributed by atoms with van der Waals surface area (Å²) in [5.74, 6) is -0.256. The number of aliphatic hydroxyl groups excluding tert-OH is 1. The van der Waals surface area contributed by atoms with Crippen LogP contribution in [0.25, 0.3) is 0 Å². The number of rotatable bonds is 4. The van der Waals surface area contributed by atoms with Crippen LogP contribution >= 0.6 is 0 Å². The summed E-state index contributed by atoms with van der Waals surface area (Å²) in [6.07, 6.45) is 0. The molecule has 0 saturated carbocycles. The molecule has 4 heteroatoms. The monoisotopic (exact) mass is 198 g/mol. The fraction of sp³-hybridized carbons (Fsp3) is 0.400. The lowest BCUT2D eigenvalue weighted by Crippen LogP contribution is -2.37. The minimum Gasteiger partial charge on any atom is -0.395 e. The zero-order chi connectivity index (χ0) is 10.6. The van der Waals surface area contributed by atoms with E-state index in [1.807, 2.05) is 11.9 Å². The smallest absolute Gasteiger partial charge is 0.123 e. The maximum Gasteiger partial charge on any atom is 0.123 e. The Morgan fingerprint density at radius 2 is 2.00 bits per heavy atom. The highest BCUT2D eigenvalue weighted by atomic mass is 19.1. The van der Waals surface area contributed by atoms with E-state index in [1.54, 1.807) is 12.1 Å². The lowest BCUT2D eigenvalue weighted by Gasteiger charge is -2.22. The van der Waals surface area contributed by atoms with Crippen LogP contribution in [-0.4, -0.2) is 31.3 Å². The van der Waals surface area contributed by atoms with Crippen molar-refractivity contribution in [3.05, 3.63) is 30.1 Å². The topological polar surface area (TPSA) is 49.5 Å². The first kappa shape index (κ1) is 10.9. The molecule has 1 atom stereocenters. The fourth-order valence-electron chi connectivity index (χ4n) is 1.21. The molecule has 78 valence electrons. The Hall–Kier alpha value is -1.13. The van der Waals surface area contributed by atoms with Crippen LogP contribution in [-0.2, 0) is 0 Å². The van der Waals surface area contributed by atoms with Crippen molar-refractivity contribution in [2.45, 2.75) is 6.04 Å². The molecule has 1 unspecified atom stereocenters. The molecule has 1 rings (SSSR count). The minimum atomic E-state index is -0.273. The van der Waals surface area contributed by atoms with Gasteiger partial charge in [0, 0.05) is 25.3 Å². The zero-order valence-electron chi connectivity index (χ0n) is 8.15. The van der Waals surface area contributed by atoms with Gasteiger partial charge in [0.1, 0.15) is 5.82 Å². The van der Waals surface area contributed by atoms with E-state index in [0.29, 0.717) is 6.54 Å². The van der Waals surface area contributed by atoms with Crippen molar-refractivity contribution in [2.75, 3.05) is 25.1 Å². The van der Waals surface area contributed by atoms with E-state index < -0.39 is 0 Å². The molecule has 0 aliphatic heterocycles. The van der Waals surface area contributed by atoms with Crippen LogP contribution in [0.4, 0.5) is 10.1 Å². The highest BCUT2D eigenvalue weighted by molar-refractivity contribution is 5.45. The summed E-state index contributed by atoms with van der Waals surface area (Å²) in [6.45, 7) is 0.494. The van der Waals surface area contributed by atoms with Crippen molar-refractivity contribution in [2.24, 2.45) is 5.73 Å². The molecule has 0 aromatic heterocycles. The normalized spacial score (nSPS) is 12.6. The van der Waals surface area contributed by atoms with E-state index in [0.717, 1.165) is 5.69 Å². The van der Waals surface area contributed by atoms with Crippen molar-refractivity contribution in [1.82, 2.24) is 0 Å². The summed E-state index contributed by atoms with van der Waals surface area (Å²) < 4.78 is 12.6. The average Bonchev–Trinajstić information content (AvgIpc) is 2.18. The summed E-state index contributed by atoms with van der Waals surface area (Å²) in [6, 6.07) is 5.89. The molecule has 1 aromatic rings.